The first-order chi connectivity index (χ1) is 17.1. The summed E-state index contributed by atoms with van der Waals surface area (Å²) in [4.78, 5) is 11.1. The van der Waals surface area contributed by atoms with Crippen LogP contribution in [0.15, 0.2) is 66.9 Å². The summed E-state index contributed by atoms with van der Waals surface area (Å²) in [7, 11) is 3.91. The zero-order valence-electron chi connectivity index (χ0n) is 20.8. The lowest BCUT2D eigenvalue weighted by Crippen LogP contribution is -2.08. The molecule has 188 valence electrons. The minimum Gasteiger partial charge on any atom is -0.389 e. The van der Waals surface area contributed by atoms with Gasteiger partial charge in [-0.25, -0.2) is 23.4 Å². The van der Waals surface area contributed by atoms with Crippen LogP contribution in [-0.2, 0) is 0 Å². The monoisotopic (exact) mass is 493 g/mol. The maximum atomic E-state index is 13.3. The first kappa shape index (κ1) is 25.1. The van der Waals surface area contributed by atoms with Gasteiger partial charge < -0.3 is 15.3 Å². The Morgan fingerprint density at radius 1 is 1.17 bits per heavy atom. The normalized spacial score (nSPS) is 13.2. The summed E-state index contributed by atoms with van der Waals surface area (Å²) in [6.07, 6.45) is 5.74. The number of rotatable bonds is 8. The number of pyridine rings is 1. The molecule has 0 saturated heterocycles. The molecule has 0 spiro atoms. The van der Waals surface area contributed by atoms with Gasteiger partial charge in [0.25, 0.3) is 6.43 Å². The van der Waals surface area contributed by atoms with Gasteiger partial charge in [-0.3, -0.25) is 4.57 Å². The van der Waals surface area contributed by atoms with Gasteiger partial charge >= 0.3 is 0 Å². The molecule has 0 amide bonds. The minimum atomic E-state index is -2.68. The summed E-state index contributed by atoms with van der Waals surface area (Å²) in [5.74, 6) is 0. The number of hydrogen-bond donors (Lipinski definition) is 2. The van der Waals surface area contributed by atoms with E-state index >= 15 is 0 Å². The molecule has 0 aliphatic heterocycles. The largest absolute Gasteiger partial charge is 0.389 e. The average molecular weight is 494 g/mol. The van der Waals surface area contributed by atoms with Crippen molar-refractivity contribution >= 4 is 16.9 Å². The molecule has 0 fully saturated rings. The third-order valence-electron chi connectivity index (χ3n) is 5.56. The lowest BCUT2D eigenvalue weighted by Gasteiger charge is -2.16. The third-order valence-corrected chi connectivity index (χ3v) is 5.56. The van der Waals surface area contributed by atoms with Crippen molar-refractivity contribution in [3.05, 3.63) is 83.9 Å². The first-order valence-corrected chi connectivity index (χ1v) is 11.4. The molecule has 8 nitrogen and oxygen atoms in total. The SMILES string of the molecule is C/C(=C\C=C/N(C)C)Nc1cnc2c(c1)ncn2-c1ccc(C(C)O)c(-n2nc(C(F)F)cc2C)c1. The molecule has 4 rings (SSSR count). The summed E-state index contributed by atoms with van der Waals surface area (Å²) in [6, 6.07) is 8.63. The van der Waals surface area contributed by atoms with Crippen molar-refractivity contribution in [2.75, 3.05) is 19.4 Å². The zero-order chi connectivity index (χ0) is 26.0. The predicted molar refractivity (Wildman–Crippen MR) is 137 cm³/mol. The molecule has 0 aliphatic rings. The fraction of sp³-hybridized carbons (Fsp3) is 0.269. The Bertz CT molecular complexity index is 1430. The van der Waals surface area contributed by atoms with Crippen LogP contribution < -0.4 is 5.32 Å². The van der Waals surface area contributed by atoms with Gasteiger partial charge in [0.2, 0.25) is 0 Å². The van der Waals surface area contributed by atoms with E-state index in [-0.39, 0.29) is 5.69 Å². The van der Waals surface area contributed by atoms with Crippen molar-refractivity contribution in [1.29, 1.82) is 0 Å². The van der Waals surface area contributed by atoms with Gasteiger partial charge in [-0.2, -0.15) is 5.10 Å². The van der Waals surface area contributed by atoms with Crippen molar-refractivity contribution in [1.82, 2.24) is 29.2 Å². The molecule has 0 saturated carbocycles. The predicted octanol–water partition coefficient (Wildman–Crippen LogP) is 5.30. The second-order valence-electron chi connectivity index (χ2n) is 8.80. The van der Waals surface area contributed by atoms with E-state index in [1.54, 1.807) is 38.5 Å². The average Bonchev–Trinajstić information content (AvgIpc) is 3.41. The minimum absolute atomic E-state index is 0.314. The number of benzene rings is 1. The topological polar surface area (TPSA) is 84.0 Å². The summed E-state index contributed by atoms with van der Waals surface area (Å²) in [5, 5.41) is 17.7. The lowest BCUT2D eigenvalue weighted by atomic mass is 10.1. The summed E-state index contributed by atoms with van der Waals surface area (Å²) >= 11 is 0. The number of imidazole rings is 1. The number of aliphatic hydroxyl groups is 1. The van der Waals surface area contributed by atoms with Gasteiger partial charge in [0.1, 0.15) is 17.5 Å². The molecule has 1 unspecified atom stereocenters. The number of halogens is 2. The van der Waals surface area contributed by atoms with E-state index in [9.17, 15) is 13.9 Å². The van der Waals surface area contributed by atoms with Crippen LogP contribution in [0.4, 0.5) is 14.5 Å². The number of nitrogens with one attached hydrogen (secondary N) is 1. The van der Waals surface area contributed by atoms with Gasteiger partial charge in [0.05, 0.1) is 29.4 Å². The van der Waals surface area contributed by atoms with Crippen LogP contribution in [0.5, 0.6) is 0 Å². The van der Waals surface area contributed by atoms with Crippen molar-refractivity contribution in [3.63, 3.8) is 0 Å². The van der Waals surface area contributed by atoms with Gasteiger partial charge in [0.15, 0.2) is 5.65 Å². The molecular weight excluding hydrogens is 464 g/mol. The Balaban J connectivity index is 1.70. The third kappa shape index (κ3) is 5.28. The number of aromatic nitrogens is 5. The van der Waals surface area contributed by atoms with E-state index in [1.165, 1.54) is 10.7 Å². The zero-order valence-corrected chi connectivity index (χ0v) is 20.8. The number of allylic oxidation sites excluding steroid dienone is 3. The molecule has 4 aromatic rings. The van der Waals surface area contributed by atoms with Gasteiger partial charge in [0, 0.05) is 31.0 Å². The molecule has 3 aromatic heterocycles. The molecule has 0 bridgehead atoms. The van der Waals surface area contributed by atoms with Gasteiger partial charge in [-0.1, -0.05) is 6.07 Å². The number of anilines is 1. The van der Waals surface area contributed by atoms with Crippen LogP contribution >= 0.6 is 0 Å². The fourth-order valence-corrected chi connectivity index (χ4v) is 3.85. The first-order valence-electron chi connectivity index (χ1n) is 11.4. The molecule has 1 aromatic carbocycles. The quantitative estimate of drug-likeness (QED) is 0.324. The smallest absolute Gasteiger partial charge is 0.282 e. The summed E-state index contributed by atoms with van der Waals surface area (Å²) in [6.45, 7) is 5.29. The molecule has 0 aliphatic carbocycles. The Morgan fingerprint density at radius 3 is 2.61 bits per heavy atom. The number of hydrogen-bond acceptors (Lipinski definition) is 6. The van der Waals surface area contributed by atoms with Gasteiger partial charge in [-0.05, 0) is 63.4 Å². The van der Waals surface area contributed by atoms with Crippen LogP contribution in [0.25, 0.3) is 22.5 Å². The standard InChI is InChI=1S/C26H29F2N7O/c1-16(7-6-10-33(4)5)31-19-12-23-26(29-14-19)34(15-30-23)20-8-9-21(18(3)36)24(13-20)35-17(2)11-22(32-35)25(27)28/h6-15,18,25,31,36H,1-5H3/b10-6-,16-7+. The fourth-order valence-electron chi connectivity index (χ4n) is 3.85. The highest BCUT2D eigenvalue weighted by Crippen LogP contribution is 2.29. The van der Waals surface area contributed by atoms with Crippen LogP contribution in [0.2, 0.25) is 0 Å². The molecule has 0 radical (unpaired) electrons. The number of aryl methyl sites for hydroxylation is 1. The Hall–Kier alpha value is -4.05. The van der Waals surface area contributed by atoms with E-state index in [0.29, 0.717) is 33.8 Å². The maximum absolute atomic E-state index is 13.3. The highest BCUT2D eigenvalue weighted by molar-refractivity contribution is 5.77. The van der Waals surface area contributed by atoms with E-state index < -0.39 is 12.5 Å². The Labute approximate surface area is 208 Å². The highest BCUT2D eigenvalue weighted by Gasteiger charge is 2.19. The number of alkyl halides is 2. The Kier molecular flexibility index (Phi) is 7.16. The lowest BCUT2D eigenvalue weighted by molar-refractivity contribution is 0.145. The van der Waals surface area contributed by atoms with Crippen molar-refractivity contribution in [2.45, 2.75) is 33.3 Å². The van der Waals surface area contributed by atoms with Crippen molar-refractivity contribution in [3.8, 4) is 11.4 Å². The summed E-state index contributed by atoms with van der Waals surface area (Å²) < 4.78 is 29.8. The van der Waals surface area contributed by atoms with Gasteiger partial charge in [-0.15, -0.1) is 0 Å². The maximum Gasteiger partial charge on any atom is 0.282 e. The van der Waals surface area contributed by atoms with Crippen LogP contribution in [0, 0.1) is 6.92 Å². The van der Waals surface area contributed by atoms with Crippen molar-refractivity contribution < 1.29 is 13.9 Å². The molecule has 3 heterocycles. The van der Waals surface area contributed by atoms with E-state index in [1.807, 2.05) is 61.0 Å². The Morgan fingerprint density at radius 2 is 1.94 bits per heavy atom. The second-order valence-corrected chi connectivity index (χ2v) is 8.80. The second kappa shape index (κ2) is 10.3. The number of nitrogens with zero attached hydrogens (tertiary/aromatic N) is 6. The van der Waals surface area contributed by atoms with Crippen molar-refractivity contribution in [2.24, 2.45) is 0 Å². The van der Waals surface area contributed by atoms with E-state index in [2.05, 4.69) is 20.4 Å². The molecule has 2 N–H and O–H groups in total. The van der Waals surface area contributed by atoms with Crippen LogP contribution in [-0.4, -0.2) is 48.4 Å². The molecule has 10 heteroatoms. The molecular formula is C26H29F2N7O. The van der Waals surface area contributed by atoms with E-state index in [4.69, 9.17) is 0 Å². The van der Waals surface area contributed by atoms with Crippen LogP contribution in [0.1, 0.15) is 43.3 Å². The summed E-state index contributed by atoms with van der Waals surface area (Å²) in [5.41, 5.74) is 5.09. The number of aliphatic hydroxyl groups excluding tert-OH is 1. The molecule has 36 heavy (non-hydrogen) atoms. The highest BCUT2D eigenvalue weighted by atomic mass is 19.3. The number of fused-ring (bicyclic) bond motifs is 1. The van der Waals surface area contributed by atoms with E-state index in [0.717, 1.165) is 11.4 Å². The molecule has 1 atom stereocenters. The van der Waals surface area contributed by atoms with Crippen LogP contribution in [0.3, 0.4) is 0 Å².